The van der Waals surface area contributed by atoms with Crippen molar-refractivity contribution in [1.82, 2.24) is 20.3 Å². The van der Waals surface area contributed by atoms with E-state index in [-0.39, 0.29) is 11.6 Å². The summed E-state index contributed by atoms with van der Waals surface area (Å²) in [6.07, 6.45) is 12.5. The summed E-state index contributed by atoms with van der Waals surface area (Å²) >= 11 is 0. The van der Waals surface area contributed by atoms with E-state index in [4.69, 9.17) is 14.7 Å². The van der Waals surface area contributed by atoms with Crippen molar-refractivity contribution in [2.45, 2.75) is 83.3 Å². The van der Waals surface area contributed by atoms with Crippen LogP contribution in [0.5, 0.6) is 5.88 Å². The Morgan fingerprint density at radius 1 is 1.00 bits per heavy atom. The molecular weight excluding hydrogens is 350 g/mol. The zero-order chi connectivity index (χ0) is 19.6. The van der Waals surface area contributed by atoms with Gasteiger partial charge < -0.3 is 15.4 Å². The number of pyridine rings is 1. The number of piperidine rings is 1. The van der Waals surface area contributed by atoms with Crippen molar-refractivity contribution in [1.29, 1.82) is 0 Å². The third kappa shape index (κ3) is 4.54. The number of ether oxygens (including phenoxy) is 1. The van der Waals surface area contributed by atoms with E-state index in [9.17, 15) is 0 Å². The van der Waals surface area contributed by atoms with Gasteiger partial charge in [0.15, 0.2) is 0 Å². The van der Waals surface area contributed by atoms with Crippen LogP contribution < -0.4 is 15.4 Å². The van der Waals surface area contributed by atoms with Crippen LogP contribution in [0.3, 0.4) is 0 Å². The second-order valence-corrected chi connectivity index (χ2v) is 9.25. The topological polar surface area (TPSA) is 72.0 Å². The van der Waals surface area contributed by atoms with E-state index in [2.05, 4.69) is 36.4 Å². The van der Waals surface area contributed by atoms with Crippen LogP contribution in [-0.2, 0) is 0 Å². The first-order chi connectivity index (χ1) is 13.5. The largest absolute Gasteiger partial charge is 0.474 e. The number of anilines is 1. The zero-order valence-corrected chi connectivity index (χ0v) is 17.4. The van der Waals surface area contributed by atoms with Crippen molar-refractivity contribution >= 4 is 16.9 Å². The summed E-state index contributed by atoms with van der Waals surface area (Å²) in [6, 6.07) is 0. The van der Waals surface area contributed by atoms with E-state index >= 15 is 0 Å². The average Bonchev–Trinajstić information content (AvgIpc) is 2.68. The molecule has 6 heteroatoms. The molecule has 1 aliphatic carbocycles. The van der Waals surface area contributed by atoms with Gasteiger partial charge in [0.05, 0.1) is 10.9 Å². The summed E-state index contributed by atoms with van der Waals surface area (Å²) in [5.74, 6) is 1.90. The van der Waals surface area contributed by atoms with Crippen LogP contribution in [0.1, 0.15) is 77.2 Å². The molecule has 2 aromatic heterocycles. The summed E-state index contributed by atoms with van der Waals surface area (Å²) in [5.41, 5.74) is 2.18. The Hall–Kier alpha value is -1.95. The molecule has 6 nitrogen and oxygen atoms in total. The van der Waals surface area contributed by atoms with Gasteiger partial charge in [-0.3, -0.25) is 0 Å². The molecule has 1 aliphatic heterocycles. The lowest BCUT2D eigenvalue weighted by Gasteiger charge is -2.26. The van der Waals surface area contributed by atoms with E-state index < -0.39 is 0 Å². The van der Waals surface area contributed by atoms with Crippen LogP contribution in [0.4, 0.5) is 5.95 Å². The van der Waals surface area contributed by atoms with Crippen LogP contribution in [-0.4, -0.2) is 39.7 Å². The maximum absolute atomic E-state index is 6.30. The molecule has 2 aromatic rings. The molecule has 1 saturated carbocycles. The van der Waals surface area contributed by atoms with Gasteiger partial charge in [-0.05, 0) is 65.5 Å². The van der Waals surface area contributed by atoms with Gasteiger partial charge in [0.25, 0.3) is 0 Å². The Bertz CT molecular complexity index is 804. The fraction of sp³-hybridized carbons (Fsp3) is 0.682. The van der Waals surface area contributed by atoms with Gasteiger partial charge in [-0.15, -0.1) is 0 Å². The smallest absolute Gasteiger partial charge is 0.224 e. The monoisotopic (exact) mass is 383 g/mol. The van der Waals surface area contributed by atoms with Gasteiger partial charge in [-0.25, -0.2) is 15.0 Å². The van der Waals surface area contributed by atoms with Gasteiger partial charge in [-0.2, -0.15) is 0 Å². The highest BCUT2D eigenvalue weighted by Crippen LogP contribution is 2.38. The molecule has 0 unspecified atom stereocenters. The van der Waals surface area contributed by atoms with Crippen molar-refractivity contribution < 1.29 is 4.74 Å². The Morgan fingerprint density at radius 3 is 2.46 bits per heavy atom. The molecule has 2 N–H and O–H groups in total. The van der Waals surface area contributed by atoms with Crippen molar-refractivity contribution in [2.24, 2.45) is 0 Å². The van der Waals surface area contributed by atoms with Gasteiger partial charge in [0.2, 0.25) is 11.8 Å². The fourth-order valence-electron chi connectivity index (χ4n) is 4.29. The predicted octanol–water partition coefficient (Wildman–Crippen LogP) is 4.41. The molecule has 0 radical (unpaired) electrons. The number of hydrogen-bond acceptors (Lipinski definition) is 6. The summed E-state index contributed by atoms with van der Waals surface area (Å²) < 4.78 is 6.30. The van der Waals surface area contributed by atoms with Crippen LogP contribution >= 0.6 is 0 Å². The van der Waals surface area contributed by atoms with Crippen LogP contribution in [0.25, 0.3) is 10.9 Å². The Morgan fingerprint density at radius 2 is 1.75 bits per heavy atom. The number of fused-ring (bicyclic) bond motifs is 1. The van der Waals surface area contributed by atoms with Gasteiger partial charge >= 0.3 is 0 Å². The van der Waals surface area contributed by atoms with E-state index in [0.29, 0.717) is 17.7 Å². The summed E-state index contributed by atoms with van der Waals surface area (Å²) in [7, 11) is 0. The van der Waals surface area contributed by atoms with Crippen molar-refractivity contribution in [3.8, 4) is 5.88 Å². The molecule has 3 heterocycles. The molecule has 0 amide bonds. The zero-order valence-electron chi connectivity index (χ0n) is 17.4. The molecule has 0 spiro atoms. The number of nitrogens with zero attached hydrogens (tertiary/aromatic N) is 3. The average molecular weight is 384 g/mol. The van der Waals surface area contributed by atoms with Gasteiger partial charge in [-0.1, -0.05) is 19.3 Å². The van der Waals surface area contributed by atoms with Crippen LogP contribution in [0, 0.1) is 0 Å². The van der Waals surface area contributed by atoms with Crippen molar-refractivity contribution in [3.63, 3.8) is 0 Å². The molecule has 1 saturated heterocycles. The van der Waals surface area contributed by atoms with E-state index in [1.165, 1.54) is 37.7 Å². The lowest BCUT2D eigenvalue weighted by Crippen LogP contribution is -2.34. The minimum atomic E-state index is -0.0832. The molecule has 28 heavy (non-hydrogen) atoms. The Labute approximate surface area is 167 Å². The maximum Gasteiger partial charge on any atom is 0.224 e. The number of nitrogens with one attached hydrogen (secondary N) is 2. The highest BCUT2D eigenvalue weighted by atomic mass is 16.5. The number of hydrogen-bond donors (Lipinski definition) is 2. The third-order valence-corrected chi connectivity index (χ3v) is 5.71. The van der Waals surface area contributed by atoms with Crippen molar-refractivity contribution in [2.75, 3.05) is 18.4 Å². The maximum atomic E-state index is 6.30. The van der Waals surface area contributed by atoms with Gasteiger partial charge in [0.1, 0.15) is 6.10 Å². The first kappa shape index (κ1) is 19.4. The first-order valence-corrected chi connectivity index (χ1v) is 10.8. The standard InChI is InChI=1S/C22H33N5O/c1-22(2,3)27-21-25-14-18-19(26-21)17(15-7-5-4-6-8-15)13-24-20(18)28-16-9-11-23-12-10-16/h13-16,23H,4-12H2,1-3H3,(H,25,26,27). The molecular formula is C22H33N5O. The van der Waals surface area contributed by atoms with Crippen molar-refractivity contribution in [3.05, 3.63) is 18.0 Å². The molecule has 2 fully saturated rings. The van der Waals surface area contributed by atoms with Crippen LogP contribution in [0.15, 0.2) is 12.4 Å². The van der Waals surface area contributed by atoms with Gasteiger partial charge in [0, 0.05) is 23.5 Å². The SMILES string of the molecule is CC(C)(C)Nc1ncc2c(OC3CCNCC3)ncc(C3CCCCC3)c2n1. The molecule has 4 rings (SSSR count). The van der Waals surface area contributed by atoms with E-state index in [1.54, 1.807) is 0 Å². The highest BCUT2D eigenvalue weighted by molar-refractivity contribution is 5.86. The summed E-state index contributed by atoms with van der Waals surface area (Å²) in [6.45, 7) is 8.38. The predicted molar refractivity (Wildman–Crippen MR) is 113 cm³/mol. The molecule has 0 bridgehead atoms. The third-order valence-electron chi connectivity index (χ3n) is 5.71. The molecule has 152 valence electrons. The second kappa shape index (κ2) is 8.19. The summed E-state index contributed by atoms with van der Waals surface area (Å²) in [5, 5.41) is 7.74. The normalized spacial score (nSPS) is 19.7. The highest BCUT2D eigenvalue weighted by Gasteiger charge is 2.23. The number of aromatic nitrogens is 3. The lowest BCUT2D eigenvalue weighted by molar-refractivity contribution is 0.158. The Kier molecular flexibility index (Phi) is 5.67. The summed E-state index contributed by atoms with van der Waals surface area (Å²) in [4.78, 5) is 14.2. The lowest BCUT2D eigenvalue weighted by atomic mass is 9.84. The minimum Gasteiger partial charge on any atom is -0.474 e. The molecule has 0 aromatic carbocycles. The number of rotatable bonds is 4. The Balaban J connectivity index is 1.72. The quantitative estimate of drug-likeness (QED) is 0.815. The van der Waals surface area contributed by atoms with E-state index in [0.717, 1.165) is 36.8 Å². The fourth-order valence-corrected chi connectivity index (χ4v) is 4.29. The first-order valence-electron chi connectivity index (χ1n) is 10.8. The minimum absolute atomic E-state index is 0.0832. The van der Waals surface area contributed by atoms with E-state index in [1.807, 2.05) is 12.4 Å². The van der Waals surface area contributed by atoms with Crippen LogP contribution in [0.2, 0.25) is 0 Å². The second-order valence-electron chi connectivity index (χ2n) is 9.25. The molecule has 2 aliphatic rings. The molecule has 0 atom stereocenters.